The molecule has 1 N–H and O–H groups in total. The van der Waals surface area contributed by atoms with Crippen LogP contribution in [-0.4, -0.2) is 29.4 Å². The molecule has 2 amide bonds. The van der Waals surface area contributed by atoms with Gasteiger partial charge in [-0.2, -0.15) is 0 Å². The maximum atomic E-state index is 13.0. The molecule has 0 spiro atoms. The van der Waals surface area contributed by atoms with E-state index in [2.05, 4.69) is 5.32 Å². The summed E-state index contributed by atoms with van der Waals surface area (Å²) < 4.78 is 18.7. The molecule has 124 valence electrons. The summed E-state index contributed by atoms with van der Waals surface area (Å²) in [5.41, 5.74) is -0.357. The van der Waals surface area contributed by atoms with Crippen LogP contribution in [0.1, 0.15) is 12.5 Å². The zero-order valence-corrected chi connectivity index (χ0v) is 13.4. The molecule has 0 radical (unpaired) electrons. The second kappa shape index (κ2) is 5.96. The van der Waals surface area contributed by atoms with E-state index in [4.69, 9.17) is 4.74 Å². The number of benzene rings is 2. The number of carbonyl (C=O) groups is 2. The monoisotopic (exact) mass is 328 g/mol. The number of amides is 2. The molecule has 0 aliphatic carbocycles. The summed E-state index contributed by atoms with van der Waals surface area (Å²) >= 11 is 0. The maximum Gasteiger partial charge on any atom is 0.278 e. The summed E-state index contributed by atoms with van der Waals surface area (Å²) in [4.78, 5) is 26.6. The fourth-order valence-corrected chi connectivity index (χ4v) is 2.61. The highest BCUT2D eigenvalue weighted by atomic mass is 19.1. The Morgan fingerprint density at radius 2 is 1.88 bits per heavy atom. The van der Waals surface area contributed by atoms with Crippen molar-refractivity contribution in [1.29, 1.82) is 0 Å². The van der Waals surface area contributed by atoms with Crippen LogP contribution in [0.3, 0.4) is 0 Å². The Morgan fingerprint density at radius 1 is 1.21 bits per heavy atom. The number of fused-ring (bicyclic) bond motifs is 1. The van der Waals surface area contributed by atoms with Gasteiger partial charge in [0.25, 0.3) is 17.4 Å². The summed E-state index contributed by atoms with van der Waals surface area (Å²) in [6.45, 7) is 1.69. The van der Waals surface area contributed by atoms with E-state index in [9.17, 15) is 14.0 Å². The van der Waals surface area contributed by atoms with Crippen LogP contribution >= 0.6 is 0 Å². The van der Waals surface area contributed by atoms with Gasteiger partial charge >= 0.3 is 0 Å². The van der Waals surface area contributed by atoms with E-state index < -0.39 is 17.4 Å². The summed E-state index contributed by atoms with van der Waals surface area (Å²) in [5, 5.41) is 2.70. The van der Waals surface area contributed by atoms with Gasteiger partial charge in [0.05, 0.1) is 5.69 Å². The SMILES string of the molecule is CN(Cc1ccc(F)cc1)C(=O)C1(C)Oc2ccccc2NC1=O. The number of likely N-dealkylation sites (N-methyl/N-ethyl adjacent to an activating group) is 1. The number of rotatable bonds is 3. The lowest BCUT2D eigenvalue weighted by atomic mass is 10.0. The van der Waals surface area contributed by atoms with Crippen molar-refractivity contribution in [2.45, 2.75) is 19.1 Å². The largest absolute Gasteiger partial charge is 0.466 e. The average molecular weight is 328 g/mol. The lowest BCUT2D eigenvalue weighted by Gasteiger charge is -2.35. The quantitative estimate of drug-likeness (QED) is 0.881. The van der Waals surface area contributed by atoms with Crippen molar-refractivity contribution in [1.82, 2.24) is 4.90 Å². The zero-order valence-electron chi connectivity index (χ0n) is 13.4. The molecule has 0 saturated carbocycles. The van der Waals surface area contributed by atoms with Crippen LogP contribution in [0.2, 0.25) is 0 Å². The molecule has 1 heterocycles. The van der Waals surface area contributed by atoms with Crippen LogP contribution < -0.4 is 10.1 Å². The van der Waals surface area contributed by atoms with Gasteiger partial charge in [-0.15, -0.1) is 0 Å². The molecule has 0 fully saturated rings. The lowest BCUT2D eigenvalue weighted by molar-refractivity contribution is -0.154. The number of nitrogens with one attached hydrogen (secondary N) is 1. The van der Waals surface area contributed by atoms with Crippen LogP contribution in [0.5, 0.6) is 5.75 Å². The van der Waals surface area contributed by atoms with E-state index in [0.717, 1.165) is 5.56 Å². The maximum absolute atomic E-state index is 13.0. The van der Waals surface area contributed by atoms with Gasteiger partial charge in [0.15, 0.2) is 0 Å². The van der Waals surface area contributed by atoms with Crippen molar-refractivity contribution < 1.29 is 18.7 Å². The van der Waals surface area contributed by atoms with E-state index in [-0.39, 0.29) is 12.4 Å². The van der Waals surface area contributed by atoms with Gasteiger partial charge in [-0.05, 0) is 36.8 Å². The highest BCUT2D eigenvalue weighted by Crippen LogP contribution is 2.34. The van der Waals surface area contributed by atoms with Crippen LogP contribution in [-0.2, 0) is 16.1 Å². The molecule has 1 aliphatic heterocycles. The van der Waals surface area contributed by atoms with Crippen molar-refractivity contribution in [2.24, 2.45) is 0 Å². The van der Waals surface area contributed by atoms with Crippen molar-refractivity contribution in [3.8, 4) is 5.75 Å². The standard InChI is InChI=1S/C18H17FN2O3/c1-18(16(22)20-14-5-3-4-6-15(14)24-18)17(23)21(2)11-12-7-9-13(19)10-8-12/h3-10H,11H2,1-2H3,(H,20,22). The molecule has 0 saturated heterocycles. The predicted octanol–water partition coefficient (Wildman–Crippen LogP) is 2.57. The minimum atomic E-state index is -1.65. The Labute approximate surface area is 139 Å². The van der Waals surface area contributed by atoms with E-state index in [0.29, 0.717) is 11.4 Å². The molecule has 2 aromatic carbocycles. The first-order valence-corrected chi connectivity index (χ1v) is 7.49. The molecule has 1 unspecified atom stereocenters. The van der Waals surface area contributed by atoms with E-state index in [1.165, 1.54) is 24.0 Å². The number of ether oxygens (including phenoxy) is 1. The van der Waals surface area contributed by atoms with Gasteiger partial charge in [-0.25, -0.2) is 4.39 Å². The lowest BCUT2D eigenvalue weighted by Crippen LogP contribution is -2.58. The first-order chi connectivity index (χ1) is 11.4. The summed E-state index contributed by atoms with van der Waals surface area (Å²) in [6, 6.07) is 12.8. The number of hydrogen-bond donors (Lipinski definition) is 1. The topological polar surface area (TPSA) is 58.6 Å². The van der Waals surface area contributed by atoms with Gasteiger partial charge in [-0.1, -0.05) is 24.3 Å². The molecular weight excluding hydrogens is 311 g/mol. The van der Waals surface area contributed by atoms with E-state index >= 15 is 0 Å². The number of anilines is 1. The van der Waals surface area contributed by atoms with Crippen LogP contribution in [0, 0.1) is 5.82 Å². The Hall–Kier alpha value is -2.89. The third-order valence-corrected chi connectivity index (χ3v) is 3.97. The third-order valence-electron chi connectivity index (χ3n) is 3.97. The predicted molar refractivity (Wildman–Crippen MR) is 87.0 cm³/mol. The minimum absolute atomic E-state index is 0.243. The highest BCUT2D eigenvalue weighted by molar-refractivity contribution is 6.15. The van der Waals surface area contributed by atoms with Crippen LogP contribution in [0.4, 0.5) is 10.1 Å². The summed E-state index contributed by atoms with van der Waals surface area (Å²) in [5.74, 6) is -0.884. The molecule has 0 bridgehead atoms. The van der Waals surface area contributed by atoms with Crippen molar-refractivity contribution >= 4 is 17.5 Å². The van der Waals surface area contributed by atoms with Crippen molar-refractivity contribution in [3.05, 3.63) is 59.9 Å². The third kappa shape index (κ3) is 2.82. The normalized spacial score (nSPS) is 19.0. The first-order valence-electron chi connectivity index (χ1n) is 7.49. The van der Waals surface area contributed by atoms with Crippen molar-refractivity contribution in [2.75, 3.05) is 12.4 Å². The first kappa shape index (κ1) is 16.0. The Morgan fingerprint density at radius 3 is 2.58 bits per heavy atom. The summed E-state index contributed by atoms with van der Waals surface area (Å²) in [6.07, 6.45) is 0. The highest BCUT2D eigenvalue weighted by Gasteiger charge is 2.48. The van der Waals surface area contributed by atoms with Crippen molar-refractivity contribution in [3.63, 3.8) is 0 Å². The second-order valence-electron chi connectivity index (χ2n) is 5.87. The van der Waals surface area contributed by atoms with E-state index in [1.54, 1.807) is 43.4 Å². The molecule has 2 aromatic rings. The van der Waals surface area contributed by atoms with Gasteiger partial charge in [-0.3, -0.25) is 9.59 Å². The molecule has 5 nitrogen and oxygen atoms in total. The second-order valence-corrected chi connectivity index (χ2v) is 5.87. The van der Waals surface area contributed by atoms with Gasteiger partial charge in [0.1, 0.15) is 11.6 Å². The number of carbonyl (C=O) groups excluding carboxylic acids is 2. The number of nitrogens with zero attached hydrogens (tertiary/aromatic N) is 1. The van der Waals surface area contributed by atoms with E-state index in [1.807, 2.05) is 0 Å². The Bertz CT molecular complexity index is 791. The van der Waals surface area contributed by atoms with Gasteiger partial charge in [0.2, 0.25) is 0 Å². The molecule has 6 heteroatoms. The number of hydrogen-bond acceptors (Lipinski definition) is 3. The zero-order chi connectivity index (χ0) is 17.3. The average Bonchev–Trinajstić information content (AvgIpc) is 2.57. The molecule has 3 rings (SSSR count). The minimum Gasteiger partial charge on any atom is -0.466 e. The van der Waals surface area contributed by atoms with Gasteiger partial charge in [0, 0.05) is 13.6 Å². The van der Waals surface area contributed by atoms with Gasteiger partial charge < -0.3 is 15.0 Å². The fourth-order valence-electron chi connectivity index (χ4n) is 2.61. The molecule has 24 heavy (non-hydrogen) atoms. The molecule has 1 atom stereocenters. The Balaban J connectivity index is 1.80. The van der Waals surface area contributed by atoms with Crippen LogP contribution in [0.15, 0.2) is 48.5 Å². The van der Waals surface area contributed by atoms with Crippen LogP contribution in [0.25, 0.3) is 0 Å². The Kier molecular flexibility index (Phi) is 3.97. The molecular formula is C18H17FN2O3. The molecule has 1 aliphatic rings. The smallest absolute Gasteiger partial charge is 0.278 e. The molecule has 0 aromatic heterocycles. The fraction of sp³-hybridized carbons (Fsp3) is 0.222. The summed E-state index contributed by atoms with van der Waals surface area (Å²) in [7, 11) is 1.58. The number of para-hydroxylation sites is 2. The number of halogens is 1.